The van der Waals surface area contributed by atoms with E-state index in [0.717, 1.165) is 13.1 Å². The molecule has 2 atom stereocenters. The van der Waals surface area contributed by atoms with Crippen molar-refractivity contribution in [3.63, 3.8) is 0 Å². The zero-order valence-electron chi connectivity index (χ0n) is 9.32. The predicted octanol–water partition coefficient (Wildman–Crippen LogP) is 1.47. The van der Waals surface area contributed by atoms with E-state index < -0.39 is 0 Å². The summed E-state index contributed by atoms with van der Waals surface area (Å²) in [7, 11) is 0. The van der Waals surface area contributed by atoms with Crippen LogP contribution in [0, 0.1) is 11.8 Å². The normalized spacial score (nSPS) is 34.0. The maximum Gasteiger partial charge on any atom is 0.112 e. The van der Waals surface area contributed by atoms with E-state index in [9.17, 15) is 5.11 Å². The van der Waals surface area contributed by atoms with Gasteiger partial charge in [0.1, 0.15) is 5.76 Å². The molecular formula is C13H18N2O. The summed E-state index contributed by atoms with van der Waals surface area (Å²) in [4.78, 5) is 0. The summed E-state index contributed by atoms with van der Waals surface area (Å²) >= 11 is 0. The highest BCUT2D eigenvalue weighted by atomic mass is 16.3. The molecule has 2 unspecified atom stereocenters. The maximum atomic E-state index is 9.58. The van der Waals surface area contributed by atoms with Gasteiger partial charge in [0, 0.05) is 5.92 Å². The van der Waals surface area contributed by atoms with Gasteiger partial charge < -0.3 is 15.7 Å². The van der Waals surface area contributed by atoms with Crippen LogP contribution in [0.3, 0.4) is 0 Å². The minimum absolute atomic E-state index is 0.362. The topological polar surface area (TPSA) is 44.3 Å². The lowest BCUT2D eigenvalue weighted by Crippen LogP contribution is -2.32. The van der Waals surface area contributed by atoms with Crippen molar-refractivity contribution in [1.29, 1.82) is 0 Å². The summed E-state index contributed by atoms with van der Waals surface area (Å²) in [5.41, 5.74) is 1.47. The molecule has 86 valence electrons. The van der Waals surface area contributed by atoms with Crippen molar-refractivity contribution >= 4 is 0 Å². The third kappa shape index (κ3) is 1.65. The van der Waals surface area contributed by atoms with Gasteiger partial charge in [0.25, 0.3) is 0 Å². The van der Waals surface area contributed by atoms with E-state index in [1.165, 1.54) is 18.4 Å². The molecular weight excluding hydrogens is 200 g/mol. The molecule has 1 fully saturated rings. The average Bonchev–Trinajstić information content (AvgIpc) is 2.73. The minimum atomic E-state index is 0.362. The molecule has 1 aliphatic carbocycles. The average molecular weight is 218 g/mol. The lowest BCUT2D eigenvalue weighted by molar-refractivity contribution is 0.386. The second-order valence-electron chi connectivity index (χ2n) is 4.84. The van der Waals surface area contributed by atoms with Gasteiger partial charge in [-0.3, -0.25) is 0 Å². The molecule has 3 heteroatoms. The van der Waals surface area contributed by atoms with Crippen LogP contribution < -0.4 is 10.6 Å². The first-order valence-electron chi connectivity index (χ1n) is 6.10. The lowest BCUT2D eigenvalue weighted by atomic mass is 9.80. The van der Waals surface area contributed by atoms with E-state index in [-0.39, 0.29) is 0 Å². The Morgan fingerprint density at radius 1 is 1.25 bits per heavy atom. The number of hydrogen-bond donors (Lipinski definition) is 3. The Bertz CT molecular complexity index is 364. The van der Waals surface area contributed by atoms with Gasteiger partial charge in [-0.1, -0.05) is 6.08 Å². The molecule has 3 N–H and O–H groups in total. The highest BCUT2D eigenvalue weighted by Gasteiger charge is 2.33. The molecule has 3 nitrogen and oxygen atoms in total. The number of aliphatic hydroxyl groups excluding tert-OH is 1. The molecule has 0 amide bonds. The lowest BCUT2D eigenvalue weighted by Gasteiger charge is -2.28. The number of piperidine rings is 1. The first-order valence-corrected chi connectivity index (χ1v) is 6.10. The van der Waals surface area contributed by atoms with Crippen LogP contribution in [0.1, 0.15) is 12.8 Å². The summed E-state index contributed by atoms with van der Waals surface area (Å²) in [6, 6.07) is 0.362. The Morgan fingerprint density at radius 3 is 2.88 bits per heavy atom. The van der Waals surface area contributed by atoms with Crippen molar-refractivity contribution in [1.82, 2.24) is 10.6 Å². The summed E-state index contributed by atoms with van der Waals surface area (Å²) in [6.45, 7) is 2.23. The van der Waals surface area contributed by atoms with Gasteiger partial charge in [-0.05, 0) is 55.8 Å². The standard InChI is InChI=1S/C13H18N2O/c16-10-1-2-13-11(7-10)12(8-15-13)9-3-5-14-6-4-9/h1-2,7-9,11,13-16H,3-6H2. The Balaban J connectivity index is 1.79. The van der Waals surface area contributed by atoms with E-state index >= 15 is 0 Å². The van der Waals surface area contributed by atoms with Crippen molar-refractivity contribution in [2.24, 2.45) is 11.8 Å². The molecule has 2 heterocycles. The van der Waals surface area contributed by atoms with E-state index in [4.69, 9.17) is 0 Å². The number of allylic oxidation sites excluding steroid dienone is 1. The molecule has 0 aromatic heterocycles. The molecule has 3 rings (SSSR count). The second-order valence-corrected chi connectivity index (χ2v) is 4.84. The Labute approximate surface area is 95.9 Å². The third-order valence-electron chi connectivity index (χ3n) is 3.85. The summed E-state index contributed by atoms with van der Waals surface area (Å²) in [5, 5.41) is 16.4. The summed E-state index contributed by atoms with van der Waals surface area (Å²) in [5.74, 6) is 1.46. The zero-order valence-corrected chi connectivity index (χ0v) is 9.32. The predicted molar refractivity (Wildman–Crippen MR) is 63.9 cm³/mol. The van der Waals surface area contributed by atoms with Crippen LogP contribution in [-0.2, 0) is 0 Å². The molecule has 0 radical (unpaired) electrons. The zero-order chi connectivity index (χ0) is 11.0. The van der Waals surface area contributed by atoms with Crippen LogP contribution in [0.5, 0.6) is 0 Å². The minimum Gasteiger partial charge on any atom is -0.508 e. The second kappa shape index (κ2) is 3.98. The highest BCUT2D eigenvalue weighted by molar-refractivity contribution is 5.34. The first-order chi connectivity index (χ1) is 7.84. The van der Waals surface area contributed by atoms with Crippen LogP contribution in [0.4, 0.5) is 0 Å². The fraction of sp³-hybridized carbons (Fsp3) is 0.538. The molecule has 0 aromatic carbocycles. The quantitative estimate of drug-likeness (QED) is 0.624. The molecule has 0 spiro atoms. The van der Waals surface area contributed by atoms with Crippen LogP contribution in [-0.4, -0.2) is 24.2 Å². The molecule has 0 aromatic rings. The molecule has 0 saturated carbocycles. The number of nitrogens with one attached hydrogen (secondary N) is 2. The van der Waals surface area contributed by atoms with Crippen LogP contribution in [0.15, 0.2) is 35.8 Å². The monoisotopic (exact) mass is 218 g/mol. The molecule has 2 aliphatic heterocycles. The van der Waals surface area contributed by atoms with Crippen LogP contribution in [0.2, 0.25) is 0 Å². The smallest absolute Gasteiger partial charge is 0.112 e. The van der Waals surface area contributed by atoms with Crippen molar-refractivity contribution in [3.05, 3.63) is 35.8 Å². The van der Waals surface area contributed by atoms with E-state index in [1.54, 1.807) is 6.08 Å². The fourth-order valence-corrected chi connectivity index (χ4v) is 2.96. The first kappa shape index (κ1) is 9.97. The molecule has 1 saturated heterocycles. The largest absolute Gasteiger partial charge is 0.508 e. The number of rotatable bonds is 1. The Kier molecular flexibility index (Phi) is 2.48. The van der Waals surface area contributed by atoms with Gasteiger partial charge in [-0.15, -0.1) is 0 Å². The molecule has 0 bridgehead atoms. The highest BCUT2D eigenvalue weighted by Crippen LogP contribution is 2.36. The summed E-state index contributed by atoms with van der Waals surface area (Å²) in [6.07, 6.45) is 10.4. The van der Waals surface area contributed by atoms with Crippen LogP contribution in [0.25, 0.3) is 0 Å². The van der Waals surface area contributed by atoms with Crippen molar-refractivity contribution in [2.75, 3.05) is 13.1 Å². The van der Waals surface area contributed by atoms with E-state index in [2.05, 4.69) is 22.9 Å². The van der Waals surface area contributed by atoms with Gasteiger partial charge >= 0.3 is 0 Å². The number of fused-ring (bicyclic) bond motifs is 1. The SMILES string of the molecule is OC1=CC2C(C3CCNCC3)=CNC2C=C1. The van der Waals surface area contributed by atoms with E-state index in [1.807, 2.05) is 6.08 Å². The van der Waals surface area contributed by atoms with Crippen molar-refractivity contribution in [3.8, 4) is 0 Å². The Hall–Kier alpha value is -1.22. The Morgan fingerprint density at radius 2 is 2.06 bits per heavy atom. The maximum absolute atomic E-state index is 9.58. The third-order valence-corrected chi connectivity index (χ3v) is 3.85. The fourth-order valence-electron chi connectivity index (χ4n) is 2.96. The molecule has 3 aliphatic rings. The number of hydrogen-bond acceptors (Lipinski definition) is 3. The summed E-state index contributed by atoms with van der Waals surface area (Å²) < 4.78 is 0. The van der Waals surface area contributed by atoms with Crippen LogP contribution >= 0.6 is 0 Å². The van der Waals surface area contributed by atoms with Gasteiger partial charge in [0.05, 0.1) is 6.04 Å². The van der Waals surface area contributed by atoms with Gasteiger partial charge in [0.15, 0.2) is 0 Å². The van der Waals surface area contributed by atoms with Crippen molar-refractivity contribution < 1.29 is 5.11 Å². The van der Waals surface area contributed by atoms with Gasteiger partial charge in [-0.2, -0.15) is 0 Å². The van der Waals surface area contributed by atoms with Gasteiger partial charge in [0.2, 0.25) is 0 Å². The molecule has 16 heavy (non-hydrogen) atoms. The number of aliphatic hydroxyl groups is 1. The van der Waals surface area contributed by atoms with Gasteiger partial charge in [-0.25, -0.2) is 0 Å². The van der Waals surface area contributed by atoms with Crippen molar-refractivity contribution in [2.45, 2.75) is 18.9 Å². The van der Waals surface area contributed by atoms with E-state index in [0.29, 0.717) is 23.6 Å².